The zero-order valence-corrected chi connectivity index (χ0v) is 15.1. The van der Waals surface area contributed by atoms with Gasteiger partial charge in [-0.3, -0.25) is 9.69 Å². The zero-order valence-electron chi connectivity index (χ0n) is 15.1. The number of piperidine rings is 1. The Labute approximate surface area is 145 Å². The average Bonchev–Trinajstić information content (AvgIpc) is 2.56. The first-order valence-corrected chi connectivity index (χ1v) is 8.85. The lowest BCUT2D eigenvalue weighted by atomic mass is 9.85. The minimum absolute atomic E-state index is 0.0753. The summed E-state index contributed by atoms with van der Waals surface area (Å²) >= 11 is 0. The summed E-state index contributed by atoms with van der Waals surface area (Å²) < 4.78 is 4.97. The third kappa shape index (κ3) is 5.89. The molecule has 5 heteroatoms. The Kier molecular flexibility index (Phi) is 7.69. The van der Waals surface area contributed by atoms with Gasteiger partial charge in [0.2, 0.25) is 5.91 Å². The molecule has 24 heavy (non-hydrogen) atoms. The maximum absolute atomic E-state index is 12.1. The Bertz CT molecular complexity index is 483. The number of rotatable bonds is 8. The first-order valence-electron chi connectivity index (χ1n) is 8.85. The molecule has 2 atom stereocenters. The van der Waals surface area contributed by atoms with E-state index in [2.05, 4.69) is 59.7 Å². The molecule has 1 amide bonds. The molecule has 1 saturated heterocycles. The number of methoxy groups -OCH3 is 1. The van der Waals surface area contributed by atoms with Crippen molar-refractivity contribution in [2.24, 2.45) is 11.8 Å². The van der Waals surface area contributed by atoms with E-state index in [-0.39, 0.29) is 11.9 Å². The predicted molar refractivity (Wildman–Crippen MR) is 96.7 cm³/mol. The second-order valence-corrected chi connectivity index (χ2v) is 6.90. The summed E-state index contributed by atoms with van der Waals surface area (Å²) in [6.45, 7) is 9.15. The molecule has 2 N–H and O–H groups in total. The highest BCUT2D eigenvalue weighted by atomic mass is 16.5. The summed E-state index contributed by atoms with van der Waals surface area (Å²) in [7, 11) is 1.66. The first-order chi connectivity index (χ1) is 11.6. The molecule has 1 aliphatic rings. The van der Waals surface area contributed by atoms with Crippen LogP contribution >= 0.6 is 0 Å². The molecule has 0 aliphatic carbocycles. The Morgan fingerprint density at radius 2 is 1.88 bits per heavy atom. The average molecular weight is 333 g/mol. The summed E-state index contributed by atoms with van der Waals surface area (Å²) in [5, 5.41) is 6.31. The van der Waals surface area contributed by atoms with Gasteiger partial charge in [0.1, 0.15) is 0 Å². The molecule has 134 valence electrons. The Balaban J connectivity index is 1.79. The number of likely N-dealkylation sites (tertiary alicyclic amines) is 1. The van der Waals surface area contributed by atoms with Crippen molar-refractivity contribution < 1.29 is 9.53 Å². The molecule has 1 aromatic carbocycles. The molecule has 1 heterocycles. The molecular formula is C19H31N3O2. The number of amides is 1. The van der Waals surface area contributed by atoms with E-state index in [9.17, 15) is 4.79 Å². The van der Waals surface area contributed by atoms with E-state index in [0.29, 0.717) is 31.5 Å². The first kappa shape index (κ1) is 18.9. The Morgan fingerprint density at radius 3 is 2.50 bits per heavy atom. The highest BCUT2D eigenvalue weighted by molar-refractivity contribution is 5.78. The monoisotopic (exact) mass is 333 g/mol. The van der Waals surface area contributed by atoms with Crippen molar-refractivity contribution in [3.8, 4) is 0 Å². The molecule has 0 aromatic heterocycles. The highest BCUT2D eigenvalue weighted by Gasteiger charge is 2.32. The third-order valence-electron chi connectivity index (χ3n) is 4.66. The van der Waals surface area contributed by atoms with Gasteiger partial charge in [-0.15, -0.1) is 0 Å². The van der Waals surface area contributed by atoms with Gasteiger partial charge in [-0.2, -0.15) is 0 Å². The van der Waals surface area contributed by atoms with E-state index in [1.807, 2.05) is 0 Å². The van der Waals surface area contributed by atoms with Crippen molar-refractivity contribution in [2.45, 2.75) is 26.4 Å². The number of hydrogen-bond acceptors (Lipinski definition) is 4. The SMILES string of the molecule is COCCNCC(=O)NC1C(C)CN(Cc2ccccc2)CC1C. The lowest BCUT2D eigenvalue weighted by Crippen LogP contribution is -2.55. The van der Waals surface area contributed by atoms with Crippen LogP contribution in [0.2, 0.25) is 0 Å². The fourth-order valence-corrected chi connectivity index (χ4v) is 3.55. The van der Waals surface area contributed by atoms with Gasteiger partial charge in [0.05, 0.1) is 13.2 Å². The van der Waals surface area contributed by atoms with E-state index >= 15 is 0 Å². The topological polar surface area (TPSA) is 53.6 Å². The van der Waals surface area contributed by atoms with Crippen LogP contribution in [0.4, 0.5) is 0 Å². The smallest absolute Gasteiger partial charge is 0.234 e. The van der Waals surface area contributed by atoms with Gasteiger partial charge in [0, 0.05) is 39.3 Å². The number of ether oxygens (including phenoxy) is 1. The van der Waals surface area contributed by atoms with E-state index in [1.165, 1.54) is 5.56 Å². The van der Waals surface area contributed by atoms with Crippen molar-refractivity contribution >= 4 is 5.91 Å². The molecule has 5 nitrogen and oxygen atoms in total. The summed E-state index contributed by atoms with van der Waals surface area (Å²) in [5.74, 6) is 0.965. The third-order valence-corrected chi connectivity index (χ3v) is 4.66. The van der Waals surface area contributed by atoms with Gasteiger partial charge in [-0.25, -0.2) is 0 Å². The fourth-order valence-electron chi connectivity index (χ4n) is 3.55. The molecule has 1 fully saturated rings. The second-order valence-electron chi connectivity index (χ2n) is 6.90. The van der Waals surface area contributed by atoms with Crippen molar-refractivity contribution in [3.05, 3.63) is 35.9 Å². The predicted octanol–water partition coefficient (Wildman–Crippen LogP) is 1.50. The normalized spacial score (nSPS) is 24.7. The molecule has 0 spiro atoms. The lowest BCUT2D eigenvalue weighted by molar-refractivity contribution is -0.122. The summed E-state index contributed by atoms with van der Waals surface area (Å²) in [5.41, 5.74) is 1.35. The van der Waals surface area contributed by atoms with Crippen LogP contribution in [0.25, 0.3) is 0 Å². The van der Waals surface area contributed by atoms with Gasteiger partial charge in [0.25, 0.3) is 0 Å². The molecule has 0 bridgehead atoms. The van der Waals surface area contributed by atoms with Crippen LogP contribution in [0, 0.1) is 11.8 Å². The standard InChI is InChI=1S/C19H31N3O2/c1-15-12-22(14-17-7-5-4-6-8-17)13-16(2)19(15)21-18(23)11-20-9-10-24-3/h4-8,15-16,19-20H,9-14H2,1-3H3,(H,21,23). The van der Waals surface area contributed by atoms with E-state index in [4.69, 9.17) is 4.74 Å². The number of nitrogens with one attached hydrogen (secondary N) is 2. The van der Waals surface area contributed by atoms with Crippen LogP contribution in [-0.4, -0.2) is 56.7 Å². The number of nitrogens with zero attached hydrogens (tertiary/aromatic N) is 1. The summed E-state index contributed by atoms with van der Waals surface area (Å²) in [4.78, 5) is 14.6. The second kappa shape index (κ2) is 9.77. The quantitative estimate of drug-likeness (QED) is 0.708. The molecule has 1 aromatic rings. The lowest BCUT2D eigenvalue weighted by Gasteiger charge is -2.41. The number of hydrogen-bond donors (Lipinski definition) is 2. The zero-order chi connectivity index (χ0) is 17.4. The number of carbonyl (C=O) groups excluding carboxylic acids is 1. The van der Waals surface area contributed by atoms with Crippen LogP contribution in [0.1, 0.15) is 19.4 Å². The number of carbonyl (C=O) groups is 1. The van der Waals surface area contributed by atoms with Crippen LogP contribution in [0.5, 0.6) is 0 Å². The van der Waals surface area contributed by atoms with Crippen molar-refractivity contribution in [1.29, 1.82) is 0 Å². The minimum Gasteiger partial charge on any atom is -0.383 e. The molecule has 1 aliphatic heterocycles. The van der Waals surface area contributed by atoms with Crippen molar-refractivity contribution in [1.82, 2.24) is 15.5 Å². The summed E-state index contributed by atoms with van der Waals surface area (Å²) in [6, 6.07) is 10.8. The molecular weight excluding hydrogens is 302 g/mol. The fraction of sp³-hybridized carbons (Fsp3) is 0.632. The maximum Gasteiger partial charge on any atom is 0.234 e. The summed E-state index contributed by atoms with van der Waals surface area (Å²) in [6.07, 6.45) is 0. The number of benzene rings is 1. The van der Waals surface area contributed by atoms with Crippen LogP contribution in [0.15, 0.2) is 30.3 Å². The molecule has 2 rings (SSSR count). The van der Waals surface area contributed by atoms with Crippen LogP contribution < -0.4 is 10.6 Å². The van der Waals surface area contributed by atoms with E-state index < -0.39 is 0 Å². The largest absolute Gasteiger partial charge is 0.383 e. The van der Waals surface area contributed by atoms with Crippen molar-refractivity contribution in [3.63, 3.8) is 0 Å². The van der Waals surface area contributed by atoms with E-state index in [1.54, 1.807) is 7.11 Å². The Morgan fingerprint density at radius 1 is 1.21 bits per heavy atom. The van der Waals surface area contributed by atoms with Crippen LogP contribution in [0.3, 0.4) is 0 Å². The van der Waals surface area contributed by atoms with Crippen LogP contribution in [-0.2, 0) is 16.1 Å². The minimum atomic E-state index is 0.0753. The molecule has 0 saturated carbocycles. The van der Waals surface area contributed by atoms with Gasteiger partial charge >= 0.3 is 0 Å². The van der Waals surface area contributed by atoms with E-state index in [0.717, 1.165) is 19.6 Å². The van der Waals surface area contributed by atoms with Gasteiger partial charge < -0.3 is 15.4 Å². The maximum atomic E-state index is 12.1. The van der Waals surface area contributed by atoms with Gasteiger partial charge in [-0.05, 0) is 17.4 Å². The highest BCUT2D eigenvalue weighted by Crippen LogP contribution is 2.23. The molecule has 2 unspecified atom stereocenters. The van der Waals surface area contributed by atoms with Gasteiger partial charge in [0.15, 0.2) is 0 Å². The van der Waals surface area contributed by atoms with Crippen molar-refractivity contribution in [2.75, 3.05) is 39.9 Å². The van der Waals surface area contributed by atoms with Gasteiger partial charge in [-0.1, -0.05) is 44.2 Å². The molecule has 0 radical (unpaired) electrons. The Hall–Kier alpha value is -1.43.